The smallest absolute Gasteiger partial charge is 0.129 e. The third-order valence-corrected chi connectivity index (χ3v) is 4.24. The van der Waals surface area contributed by atoms with E-state index in [0.29, 0.717) is 0 Å². The lowest BCUT2D eigenvalue weighted by Gasteiger charge is -2.22. The molecular formula is C15H22BrFN2. The summed E-state index contributed by atoms with van der Waals surface area (Å²) >= 11 is 3.28. The first-order chi connectivity index (χ1) is 9.11. The van der Waals surface area contributed by atoms with Crippen molar-refractivity contribution in [2.24, 2.45) is 0 Å². The summed E-state index contributed by atoms with van der Waals surface area (Å²) in [4.78, 5) is 2.50. The van der Waals surface area contributed by atoms with Gasteiger partial charge in [-0.25, -0.2) is 4.39 Å². The van der Waals surface area contributed by atoms with Crippen LogP contribution in [0.15, 0.2) is 22.7 Å². The van der Waals surface area contributed by atoms with Crippen molar-refractivity contribution >= 4 is 15.9 Å². The van der Waals surface area contributed by atoms with E-state index in [2.05, 4.69) is 33.1 Å². The summed E-state index contributed by atoms with van der Waals surface area (Å²) in [5.41, 5.74) is 0.734. The molecule has 0 amide bonds. The Morgan fingerprint density at radius 2 is 2.21 bits per heavy atom. The van der Waals surface area contributed by atoms with Gasteiger partial charge in [-0.2, -0.15) is 0 Å². The molecule has 2 nitrogen and oxygen atoms in total. The second-order valence-electron chi connectivity index (χ2n) is 5.20. The van der Waals surface area contributed by atoms with Gasteiger partial charge in [0.05, 0.1) is 0 Å². The molecule has 1 aromatic rings. The molecule has 1 unspecified atom stereocenters. The number of nitrogens with zero attached hydrogens (tertiary/aromatic N) is 1. The van der Waals surface area contributed by atoms with Crippen molar-refractivity contribution in [1.29, 1.82) is 0 Å². The Morgan fingerprint density at radius 1 is 1.47 bits per heavy atom. The van der Waals surface area contributed by atoms with E-state index in [4.69, 9.17) is 0 Å². The van der Waals surface area contributed by atoms with E-state index < -0.39 is 0 Å². The van der Waals surface area contributed by atoms with E-state index in [1.54, 1.807) is 0 Å². The van der Waals surface area contributed by atoms with E-state index in [1.807, 2.05) is 19.1 Å². The SMILES string of the molecule is CCN(CCNC(C)c1ccc(Br)cc1F)C1CC1. The van der Waals surface area contributed by atoms with Gasteiger partial charge in [-0.15, -0.1) is 0 Å². The highest BCUT2D eigenvalue weighted by molar-refractivity contribution is 9.10. The summed E-state index contributed by atoms with van der Waals surface area (Å²) < 4.78 is 14.6. The van der Waals surface area contributed by atoms with E-state index in [1.165, 1.54) is 18.9 Å². The molecular weight excluding hydrogens is 307 g/mol. The van der Waals surface area contributed by atoms with Gasteiger partial charge in [-0.3, -0.25) is 4.90 Å². The molecule has 1 N–H and O–H groups in total. The summed E-state index contributed by atoms with van der Waals surface area (Å²) in [5, 5.41) is 3.41. The first-order valence-electron chi connectivity index (χ1n) is 7.04. The van der Waals surface area contributed by atoms with Crippen molar-refractivity contribution in [3.8, 4) is 0 Å². The van der Waals surface area contributed by atoms with Gasteiger partial charge >= 0.3 is 0 Å². The summed E-state index contributed by atoms with van der Waals surface area (Å²) in [6, 6.07) is 6.10. The van der Waals surface area contributed by atoms with Gasteiger partial charge in [0.25, 0.3) is 0 Å². The van der Waals surface area contributed by atoms with Gasteiger partial charge in [0.1, 0.15) is 5.82 Å². The molecule has 4 heteroatoms. The average molecular weight is 329 g/mol. The molecule has 1 aliphatic rings. The highest BCUT2D eigenvalue weighted by Gasteiger charge is 2.27. The first kappa shape index (κ1) is 14.9. The Bertz CT molecular complexity index is 421. The Morgan fingerprint density at radius 3 is 2.79 bits per heavy atom. The van der Waals surface area contributed by atoms with Crippen LogP contribution in [0.25, 0.3) is 0 Å². The standard InChI is InChI=1S/C15H22BrFN2/c1-3-19(13-5-6-13)9-8-18-11(2)14-7-4-12(16)10-15(14)17/h4,7,10-11,13,18H,3,5-6,8-9H2,1-2H3. The number of rotatable bonds is 7. The molecule has 19 heavy (non-hydrogen) atoms. The summed E-state index contributed by atoms with van der Waals surface area (Å²) in [7, 11) is 0. The number of benzene rings is 1. The quantitative estimate of drug-likeness (QED) is 0.820. The largest absolute Gasteiger partial charge is 0.309 e. The number of halogens is 2. The topological polar surface area (TPSA) is 15.3 Å². The fraction of sp³-hybridized carbons (Fsp3) is 0.600. The third-order valence-electron chi connectivity index (χ3n) is 3.75. The maximum absolute atomic E-state index is 13.8. The third kappa shape index (κ3) is 4.26. The van der Waals surface area contributed by atoms with Gasteiger partial charge in [0.15, 0.2) is 0 Å². The minimum absolute atomic E-state index is 0.0472. The monoisotopic (exact) mass is 328 g/mol. The number of hydrogen-bond donors (Lipinski definition) is 1. The lowest BCUT2D eigenvalue weighted by Crippen LogP contribution is -2.34. The molecule has 106 valence electrons. The lowest BCUT2D eigenvalue weighted by atomic mass is 10.1. The molecule has 0 radical (unpaired) electrons. The summed E-state index contributed by atoms with van der Waals surface area (Å²) in [5.74, 6) is -0.149. The fourth-order valence-electron chi connectivity index (χ4n) is 2.43. The lowest BCUT2D eigenvalue weighted by molar-refractivity contribution is 0.273. The first-order valence-corrected chi connectivity index (χ1v) is 7.83. The molecule has 0 saturated heterocycles. The minimum Gasteiger partial charge on any atom is -0.309 e. The molecule has 0 aliphatic heterocycles. The van der Waals surface area contributed by atoms with Crippen LogP contribution in [0.2, 0.25) is 0 Å². The fourth-order valence-corrected chi connectivity index (χ4v) is 2.76. The van der Waals surface area contributed by atoms with Crippen LogP contribution in [0.5, 0.6) is 0 Å². The van der Waals surface area contributed by atoms with Gasteiger partial charge in [-0.1, -0.05) is 28.9 Å². The maximum Gasteiger partial charge on any atom is 0.129 e. The van der Waals surface area contributed by atoms with Crippen LogP contribution < -0.4 is 5.32 Å². The van der Waals surface area contributed by atoms with Crippen molar-refractivity contribution in [3.05, 3.63) is 34.1 Å². The van der Waals surface area contributed by atoms with Crippen LogP contribution in [0.3, 0.4) is 0 Å². The average Bonchev–Trinajstić information content (AvgIpc) is 3.18. The molecule has 2 rings (SSSR count). The van der Waals surface area contributed by atoms with Crippen LogP contribution >= 0.6 is 15.9 Å². The van der Waals surface area contributed by atoms with Crippen LogP contribution in [0.1, 0.15) is 38.3 Å². The zero-order chi connectivity index (χ0) is 13.8. The van der Waals surface area contributed by atoms with Crippen molar-refractivity contribution < 1.29 is 4.39 Å². The Balaban J connectivity index is 1.81. The highest BCUT2D eigenvalue weighted by atomic mass is 79.9. The highest BCUT2D eigenvalue weighted by Crippen LogP contribution is 2.26. The van der Waals surface area contributed by atoms with Crippen LogP contribution in [-0.2, 0) is 0 Å². The van der Waals surface area contributed by atoms with Crippen molar-refractivity contribution in [2.45, 2.75) is 38.8 Å². The molecule has 1 atom stereocenters. The van der Waals surface area contributed by atoms with E-state index in [-0.39, 0.29) is 11.9 Å². The predicted octanol–water partition coefficient (Wildman–Crippen LogP) is 3.72. The summed E-state index contributed by atoms with van der Waals surface area (Å²) in [6.45, 7) is 7.27. The Labute approximate surface area is 123 Å². The van der Waals surface area contributed by atoms with Gasteiger partial charge < -0.3 is 5.32 Å². The second kappa shape index (κ2) is 6.82. The van der Waals surface area contributed by atoms with Gasteiger partial charge in [-0.05, 0) is 38.4 Å². The normalized spacial score (nSPS) is 16.9. The van der Waals surface area contributed by atoms with Crippen molar-refractivity contribution in [1.82, 2.24) is 10.2 Å². The van der Waals surface area contributed by atoms with Crippen LogP contribution in [-0.4, -0.2) is 30.6 Å². The van der Waals surface area contributed by atoms with Crippen LogP contribution in [0.4, 0.5) is 4.39 Å². The summed E-state index contributed by atoms with van der Waals surface area (Å²) in [6.07, 6.45) is 2.68. The van der Waals surface area contributed by atoms with E-state index in [0.717, 1.165) is 35.7 Å². The number of likely N-dealkylation sites (N-methyl/N-ethyl adjacent to an activating group) is 1. The number of nitrogens with one attached hydrogen (secondary N) is 1. The van der Waals surface area contributed by atoms with E-state index >= 15 is 0 Å². The molecule has 1 aliphatic carbocycles. The molecule has 0 aromatic heterocycles. The Hall–Kier alpha value is -0.450. The zero-order valence-corrected chi connectivity index (χ0v) is 13.2. The molecule has 0 bridgehead atoms. The molecule has 0 spiro atoms. The second-order valence-corrected chi connectivity index (χ2v) is 6.12. The number of hydrogen-bond acceptors (Lipinski definition) is 2. The van der Waals surface area contributed by atoms with Gasteiger partial charge in [0, 0.05) is 35.2 Å². The molecule has 1 saturated carbocycles. The predicted molar refractivity (Wildman–Crippen MR) is 80.8 cm³/mol. The zero-order valence-electron chi connectivity index (χ0n) is 11.6. The van der Waals surface area contributed by atoms with Crippen molar-refractivity contribution in [3.63, 3.8) is 0 Å². The molecule has 1 fully saturated rings. The van der Waals surface area contributed by atoms with E-state index in [9.17, 15) is 4.39 Å². The molecule has 1 aromatic carbocycles. The van der Waals surface area contributed by atoms with Crippen molar-refractivity contribution in [2.75, 3.05) is 19.6 Å². The maximum atomic E-state index is 13.8. The molecule has 0 heterocycles. The minimum atomic E-state index is -0.149. The van der Waals surface area contributed by atoms with Crippen LogP contribution in [0, 0.1) is 5.82 Å². The Kier molecular flexibility index (Phi) is 5.37. The van der Waals surface area contributed by atoms with Gasteiger partial charge in [0.2, 0.25) is 0 Å².